The Hall–Kier alpha value is -1.33. The van der Waals surface area contributed by atoms with Gasteiger partial charge in [-0.2, -0.15) is 0 Å². The van der Waals surface area contributed by atoms with Crippen LogP contribution in [-0.4, -0.2) is 35.7 Å². The Morgan fingerprint density at radius 1 is 1.47 bits per heavy atom. The summed E-state index contributed by atoms with van der Waals surface area (Å²) in [5, 5.41) is 11.6. The number of benzene rings is 1. The quantitative estimate of drug-likeness (QED) is 0.821. The van der Waals surface area contributed by atoms with E-state index in [9.17, 15) is 4.79 Å². The third-order valence-corrected chi connectivity index (χ3v) is 2.63. The van der Waals surface area contributed by atoms with Crippen molar-refractivity contribution in [3.63, 3.8) is 0 Å². The maximum atomic E-state index is 11.8. The molecule has 1 aromatic carbocycles. The number of halogens is 1. The van der Waals surface area contributed by atoms with Crippen LogP contribution in [0.1, 0.15) is 0 Å². The highest BCUT2D eigenvalue weighted by Gasteiger charge is 2.10. The van der Waals surface area contributed by atoms with Gasteiger partial charge in [-0.1, -0.05) is 22.0 Å². The van der Waals surface area contributed by atoms with Crippen molar-refractivity contribution < 1.29 is 9.90 Å². The number of nitrogens with zero attached hydrogens (tertiary/aromatic N) is 1. The molecule has 0 aromatic heterocycles. The molecule has 0 heterocycles. The van der Waals surface area contributed by atoms with Gasteiger partial charge in [-0.05, 0) is 24.3 Å². The largest absolute Gasteiger partial charge is 0.395 e. The molecule has 0 aliphatic rings. The highest BCUT2D eigenvalue weighted by molar-refractivity contribution is 9.10. The van der Waals surface area contributed by atoms with Crippen LogP contribution in [0.4, 0.5) is 10.5 Å². The second-order valence-corrected chi connectivity index (χ2v) is 4.31. The van der Waals surface area contributed by atoms with E-state index in [0.717, 1.165) is 4.47 Å². The second kappa shape index (κ2) is 7.09. The summed E-state index contributed by atoms with van der Waals surface area (Å²) in [5.41, 5.74) is 0.713. The molecule has 0 unspecified atom stereocenters. The topological polar surface area (TPSA) is 52.6 Å². The zero-order valence-electron chi connectivity index (χ0n) is 9.40. The van der Waals surface area contributed by atoms with Crippen molar-refractivity contribution in [1.29, 1.82) is 0 Å². The minimum absolute atomic E-state index is 0.0679. The summed E-state index contributed by atoms with van der Waals surface area (Å²) in [5.74, 6) is 0. The van der Waals surface area contributed by atoms with E-state index in [2.05, 4.69) is 27.8 Å². The van der Waals surface area contributed by atoms with Crippen LogP contribution in [0.25, 0.3) is 0 Å². The molecule has 0 radical (unpaired) electrons. The van der Waals surface area contributed by atoms with Crippen LogP contribution >= 0.6 is 15.9 Å². The van der Waals surface area contributed by atoms with Crippen LogP contribution in [0, 0.1) is 0 Å². The monoisotopic (exact) mass is 298 g/mol. The number of aliphatic hydroxyl groups is 1. The molecule has 0 saturated heterocycles. The predicted molar refractivity (Wildman–Crippen MR) is 72.0 cm³/mol. The first-order valence-corrected chi connectivity index (χ1v) is 6.00. The van der Waals surface area contributed by atoms with Gasteiger partial charge >= 0.3 is 6.03 Å². The molecular weight excluding hydrogens is 284 g/mol. The maximum Gasteiger partial charge on any atom is 0.322 e. The lowest BCUT2D eigenvalue weighted by Gasteiger charge is -2.20. The van der Waals surface area contributed by atoms with E-state index in [1.807, 2.05) is 12.1 Å². The van der Waals surface area contributed by atoms with Crippen molar-refractivity contribution in [3.05, 3.63) is 41.4 Å². The summed E-state index contributed by atoms with van der Waals surface area (Å²) in [6.45, 7) is 4.20. The first-order valence-electron chi connectivity index (χ1n) is 5.20. The van der Waals surface area contributed by atoms with Crippen LogP contribution in [-0.2, 0) is 0 Å². The first kappa shape index (κ1) is 13.7. The normalized spacial score (nSPS) is 9.76. The number of carbonyl (C=O) groups excluding carboxylic acids is 1. The fraction of sp³-hybridized carbons (Fsp3) is 0.250. The fourth-order valence-corrected chi connectivity index (χ4v) is 1.55. The molecule has 2 N–H and O–H groups in total. The van der Waals surface area contributed by atoms with E-state index in [1.54, 1.807) is 18.2 Å². The molecule has 1 aromatic rings. The Morgan fingerprint density at radius 3 is 2.65 bits per heavy atom. The molecule has 0 bridgehead atoms. The van der Waals surface area contributed by atoms with Crippen molar-refractivity contribution >= 4 is 27.6 Å². The minimum Gasteiger partial charge on any atom is -0.395 e. The molecule has 4 nitrogen and oxygen atoms in total. The Balaban J connectivity index is 2.62. The average Bonchev–Trinajstić information content (AvgIpc) is 2.32. The highest BCUT2D eigenvalue weighted by Crippen LogP contribution is 2.14. The Labute approximate surface area is 109 Å². The standard InChI is InChI=1S/C12H15BrN2O2/c1-2-7-15(8-9-16)12(17)14-11-5-3-10(13)4-6-11/h2-6,16H,1,7-9H2,(H,14,17). The van der Waals surface area contributed by atoms with Crippen molar-refractivity contribution in [2.45, 2.75) is 0 Å². The lowest BCUT2D eigenvalue weighted by molar-refractivity contribution is 0.195. The molecule has 92 valence electrons. The van der Waals surface area contributed by atoms with Gasteiger partial charge in [0.1, 0.15) is 0 Å². The van der Waals surface area contributed by atoms with Gasteiger partial charge in [0.15, 0.2) is 0 Å². The van der Waals surface area contributed by atoms with E-state index in [0.29, 0.717) is 12.2 Å². The van der Waals surface area contributed by atoms with Crippen molar-refractivity contribution in [2.24, 2.45) is 0 Å². The molecule has 1 rings (SSSR count). The maximum absolute atomic E-state index is 11.8. The number of nitrogens with one attached hydrogen (secondary N) is 1. The Kier molecular flexibility index (Phi) is 5.72. The summed E-state index contributed by atoms with van der Waals surface area (Å²) < 4.78 is 0.953. The van der Waals surface area contributed by atoms with Crippen LogP contribution in [0.3, 0.4) is 0 Å². The van der Waals surface area contributed by atoms with Crippen LogP contribution < -0.4 is 5.32 Å². The van der Waals surface area contributed by atoms with E-state index in [1.165, 1.54) is 4.90 Å². The third-order valence-electron chi connectivity index (χ3n) is 2.10. The number of rotatable bonds is 5. The summed E-state index contributed by atoms with van der Waals surface area (Å²) in [7, 11) is 0. The van der Waals surface area contributed by atoms with Gasteiger partial charge in [0.2, 0.25) is 0 Å². The molecule has 0 saturated carbocycles. The molecule has 0 aliphatic heterocycles. The van der Waals surface area contributed by atoms with Crippen LogP contribution in [0.2, 0.25) is 0 Å². The molecule has 17 heavy (non-hydrogen) atoms. The van der Waals surface area contributed by atoms with Crippen LogP contribution in [0.15, 0.2) is 41.4 Å². The highest BCUT2D eigenvalue weighted by atomic mass is 79.9. The van der Waals surface area contributed by atoms with E-state index >= 15 is 0 Å². The average molecular weight is 299 g/mol. The van der Waals surface area contributed by atoms with Gasteiger partial charge in [-0.15, -0.1) is 6.58 Å². The Morgan fingerprint density at radius 2 is 2.12 bits per heavy atom. The number of urea groups is 1. The number of carbonyl (C=O) groups is 1. The number of amides is 2. The zero-order valence-corrected chi connectivity index (χ0v) is 11.0. The number of hydrogen-bond acceptors (Lipinski definition) is 2. The van der Waals surface area contributed by atoms with Gasteiger partial charge in [-0.3, -0.25) is 0 Å². The lowest BCUT2D eigenvalue weighted by atomic mass is 10.3. The molecule has 2 amide bonds. The van der Waals surface area contributed by atoms with Crippen molar-refractivity contribution in [2.75, 3.05) is 25.0 Å². The molecular formula is C12H15BrN2O2. The van der Waals surface area contributed by atoms with Gasteiger partial charge in [-0.25, -0.2) is 4.79 Å². The molecule has 0 atom stereocenters. The molecule has 0 spiro atoms. The third kappa shape index (κ3) is 4.58. The second-order valence-electron chi connectivity index (χ2n) is 3.40. The lowest BCUT2D eigenvalue weighted by Crippen LogP contribution is -2.37. The Bertz CT molecular complexity index is 379. The number of aliphatic hydroxyl groups excluding tert-OH is 1. The number of anilines is 1. The summed E-state index contributed by atoms with van der Waals surface area (Å²) >= 11 is 3.32. The summed E-state index contributed by atoms with van der Waals surface area (Å²) in [6.07, 6.45) is 1.62. The molecule has 5 heteroatoms. The van der Waals surface area contributed by atoms with Crippen LogP contribution in [0.5, 0.6) is 0 Å². The van der Waals surface area contributed by atoms with E-state index in [4.69, 9.17) is 5.11 Å². The number of hydrogen-bond donors (Lipinski definition) is 2. The van der Waals surface area contributed by atoms with Gasteiger partial charge in [0, 0.05) is 23.2 Å². The molecule has 0 aliphatic carbocycles. The summed E-state index contributed by atoms with van der Waals surface area (Å²) in [4.78, 5) is 13.3. The van der Waals surface area contributed by atoms with E-state index in [-0.39, 0.29) is 19.2 Å². The van der Waals surface area contributed by atoms with Gasteiger partial charge in [0.25, 0.3) is 0 Å². The van der Waals surface area contributed by atoms with Crippen molar-refractivity contribution in [3.8, 4) is 0 Å². The minimum atomic E-state index is -0.249. The summed E-state index contributed by atoms with van der Waals surface area (Å²) in [6, 6.07) is 7.04. The van der Waals surface area contributed by atoms with E-state index < -0.39 is 0 Å². The first-order chi connectivity index (χ1) is 8.17. The predicted octanol–water partition coefficient (Wildman–Crippen LogP) is 2.46. The van der Waals surface area contributed by atoms with Crippen molar-refractivity contribution in [1.82, 2.24) is 4.90 Å². The molecule has 0 fully saturated rings. The van der Waals surface area contributed by atoms with Gasteiger partial charge < -0.3 is 15.3 Å². The zero-order chi connectivity index (χ0) is 12.7. The van der Waals surface area contributed by atoms with Gasteiger partial charge in [0.05, 0.1) is 6.61 Å². The fourth-order valence-electron chi connectivity index (χ4n) is 1.29. The smallest absolute Gasteiger partial charge is 0.322 e. The SMILES string of the molecule is C=CCN(CCO)C(=O)Nc1ccc(Br)cc1.